The maximum absolute atomic E-state index is 12.8. The molecule has 0 saturated heterocycles. The van der Waals surface area contributed by atoms with Crippen LogP contribution in [0.1, 0.15) is 37.3 Å². The fourth-order valence-electron chi connectivity index (χ4n) is 3.34. The van der Waals surface area contributed by atoms with Crippen molar-refractivity contribution in [2.75, 3.05) is 26.2 Å². The van der Waals surface area contributed by atoms with Crippen molar-refractivity contribution in [3.63, 3.8) is 0 Å². The van der Waals surface area contributed by atoms with Gasteiger partial charge in [-0.15, -0.1) is 0 Å². The number of hydrogen-bond donors (Lipinski definition) is 6. The Balaban J connectivity index is 1.73. The van der Waals surface area contributed by atoms with Crippen LogP contribution in [0.5, 0.6) is 6.01 Å². The van der Waals surface area contributed by atoms with Gasteiger partial charge in [0.2, 0.25) is 29.5 Å². The average Bonchev–Trinajstić information content (AvgIpc) is 2.99. The van der Waals surface area contributed by atoms with E-state index in [4.69, 9.17) is 5.11 Å². The van der Waals surface area contributed by atoms with Gasteiger partial charge in [0.15, 0.2) is 0 Å². The predicted octanol–water partition coefficient (Wildman–Crippen LogP) is -0.528. The Morgan fingerprint density at radius 3 is 2.24 bits per heavy atom. The van der Waals surface area contributed by atoms with Gasteiger partial charge in [0.25, 0.3) is 0 Å². The van der Waals surface area contributed by atoms with Crippen molar-refractivity contribution < 1.29 is 29.1 Å². The maximum atomic E-state index is 12.8. The third-order valence-corrected chi connectivity index (χ3v) is 5.48. The Morgan fingerprint density at radius 1 is 0.881 bits per heavy atom. The molecular weight excluding hydrogens is 542 g/mol. The molecule has 1 aromatic heterocycles. The molecule has 13 heteroatoms. The molecule has 0 bridgehead atoms. The molecule has 0 aliphatic rings. The Kier molecular flexibility index (Phi) is 14.9. The summed E-state index contributed by atoms with van der Waals surface area (Å²) in [5, 5.41) is 21.7. The normalized spacial score (nSPS) is 11.0. The van der Waals surface area contributed by atoms with E-state index in [-0.39, 0.29) is 43.8 Å². The molecule has 42 heavy (non-hydrogen) atoms. The van der Waals surface area contributed by atoms with Crippen LogP contribution in [0.4, 0.5) is 0 Å². The van der Waals surface area contributed by atoms with E-state index in [1.54, 1.807) is 36.4 Å². The molecule has 0 radical (unpaired) electrons. The number of unbranched alkanes of at least 4 members (excludes halogenated alkanes) is 1. The van der Waals surface area contributed by atoms with Gasteiger partial charge in [-0.1, -0.05) is 54.3 Å². The fraction of sp³-hybridized carbons (Fsp3) is 0.345. The van der Waals surface area contributed by atoms with Crippen molar-refractivity contribution in [3.05, 3.63) is 66.0 Å². The molecule has 0 fully saturated rings. The zero-order chi connectivity index (χ0) is 30.6. The lowest BCUT2D eigenvalue weighted by molar-refractivity contribution is -0.131. The lowest BCUT2D eigenvalue weighted by Crippen LogP contribution is -2.52. The number of hydrogen-bond acceptors (Lipinski definition) is 8. The van der Waals surface area contributed by atoms with Gasteiger partial charge in [-0.2, -0.15) is 0 Å². The topological polar surface area (TPSA) is 192 Å². The van der Waals surface area contributed by atoms with Crippen LogP contribution in [0.25, 0.3) is 0 Å². The molecule has 0 saturated carbocycles. The van der Waals surface area contributed by atoms with Gasteiger partial charge in [0, 0.05) is 38.2 Å². The molecule has 1 aromatic carbocycles. The van der Waals surface area contributed by atoms with E-state index < -0.39 is 30.3 Å². The van der Waals surface area contributed by atoms with Crippen LogP contribution in [0, 0.1) is 11.8 Å². The molecule has 0 spiro atoms. The molecule has 0 aliphatic carbocycles. The molecule has 0 unspecified atom stereocenters. The number of carbonyl (C=O) groups excluding carboxylic acids is 5. The summed E-state index contributed by atoms with van der Waals surface area (Å²) in [5.41, 5.74) is 1.33. The number of allylic oxidation sites excluding steroid dienone is 1. The first-order valence-corrected chi connectivity index (χ1v) is 13.3. The van der Waals surface area contributed by atoms with E-state index in [9.17, 15) is 24.0 Å². The molecule has 0 aliphatic heterocycles. The van der Waals surface area contributed by atoms with Crippen LogP contribution in [0.3, 0.4) is 0 Å². The first-order valence-electron chi connectivity index (χ1n) is 13.3. The SMILES string of the molecule is C/C=C/CNC(=O)CNC(=O)[C@H](Cc1ccccc1)NC(=O)CNC(=O)CNC(=O)CCCC#Cc1cnc(O)nc1. The van der Waals surface area contributed by atoms with Crippen molar-refractivity contribution in [1.29, 1.82) is 0 Å². The summed E-state index contributed by atoms with van der Waals surface area (Å²) in [6, 6.07) is 7.71. The predicted molar refractivity (Wildman–Crippen MR) is 153 cm³/mol. The summed E-state index contributed by atoms with van der Waals surface area (Å²) < 4.78 is 0. The summed E-state index contributed by atoms with van der Waals surface area (Å²) in [7, 11) is 0. The summed E-state index contributed by atoms with van der Waals surface area (Å²) >= 11 is 0. The summed E-state index contributed by atoms with van der Waals surface area (Å²) in [6.07, 6.45) is 7.53. The highest BCUT2D eigenvalue weighted by molar-refractivity contribution is 5.92. The van der Waals surface area contributed by atoms with E-state index in [0.717, 1.165) is 5.56 Å². The second-order valence-corrected chi connectivity index (χ2v) is 8.88. The molecular formula is C29H35N7O6. The third kappa shape index (κ3) is 14.2. The first-order chi connectivity index (χ1) is 20.3. The Hall–Kier alpha value is -5.25. The van der Waals surface area contributed by atoms with Crippen molar-refractivity contribution in [2.45, 2.75) is 38.6 Å². The van der Waals surface area contributed by atoms with Crippen LogP contribution in [-0.2, 0) is 30.4 Å². The van der Waals surface area contributed by atoms with Crippen LogP contribution < -0.4 is 26.6 Å². The van der Waals surface area contributed by atoms with E-state index in [2.05, 4.69) is 48.4 Å². The molecule has 1 heterocycles. The minimum absolute atomic E-state index is 0.151. The van der Waals surface area contributed by atoms with Gasteiger partial charge >= 0.3 is 6.01 Å². The number of nitrogens with zero attached hydrogens (tertiary/aromatic N) is 2. The van der Waals surface area contributed by atoms with Gasteiger partial charge in [0.1, 0.15) is 6.04 Å². The number of aromatic nitrogens is 2. The highest BCUT2D eigenvalue weighted by Crippen LogP contribution is 2.04. The number of aromatic hydroxyl groups is 1. The van der Waals surface area contributed by atoms with Crippen molar-refractivity contribution >= 4 is 29.5 Å². The summed E-state index contributed by atoms with van der Waals surface area (Å²) in [4.78, 5) is 68.5. The molecule has 222 valence electrons. The average molecular weight is 578 g/mol. The van der Waals surface area contributed by atoms with Crippen molar-refractivity contribution in [3.8, 4) is 17.9 Å². The number of rotatable bonds is 15. The standard InChI is InChI=1S/C29H35N7O6/c1-2-3-14-30-25(38)19-33-28(41)23(15-21-10-6-4-7-11-21)36-27(40)20-32-26(39)18-31-24(37)13-9-5-8-12-22-16-34-29(42)35-17-22/h2-4,6-7,10-11,16-17,23H,5,9,13-15,18-20H2,1H3,(H,30,38)(H,31,37)(H,32,39)(H,33,41)(H,36,40)(H,34,35,42)/b3-2+/t23-/m0/s1. The molecule has 6 N–H and O–H groups in total. The van der Waals surface area contributed by atoms with Gasteiger partial charge < -0.3 is 31.7 Å². The lowest BCUT2D eigenvalue weighted by Gasteiger charge is -2.19. The lowest BCUT2D eigenvalue weighted by atomic mass is 10.1. The monoisotopic (exact) mass is 577 g/mol. The smallest absolute Gasteiger partial charge is 0.313 e. The van der Waals surface area contributed by atoms with Gasteiger partial charge in [-0.25, -0.2) is 9.97 Å². The van der Waals surface area contributed by atoms with Gasteiger partial charge in [0.05, 0.1) is 25.2 Å². The van der Waals surface area contributed by atoms with E-state index in [0.29, 0.717) is 24.9 Å². The minimum Gasteiger partial charge on any atom is -0.479 e. The number of carbonyl (C=O) groups is 5. The fourth-order valence-corrected chi connectivity index (χ4v) is 3.34. The van der Waals surface area contributed by atoms with E-state index >= 15 is 0 Å². The summed E-state index contributed by atoms with van der Waals surface area (Å²) in [6.45, 7) is 1.17. The molecule has 1 atom stereocenters. The maximum Gasteiger partial charge on any atom is 0.313 e. The number of nitrogens with one attached hydrogen (secondary N) is 5. The second-order valence-electron chi connectivity index (χ2n) is 8.88. The number of amides is 5. The minimum atomic E-state index is -0.982. The molecule has 5 amide bonds. The van der Waals surface area contributed by atoms with Crippen LogP contribution in [0.15, 0.2) is 54.9 Å². The van der Waals surface area contributed by atoms with Gasteiger partial charge in [-0.05, 0) is 18.9 Å². The molecule has 13 nitrogen and oxygen atoms in total. The number of benzene rings is 1. The van der Waals surface area contributed by atoms with Crippen molar-refractivity contribution in [1.82, 2.24) is 36.6 Å². The van der Waals surface area contributed by atoms with Crippen LogP contribution in [0.2, 0.25) is 0 Å². The third-order valence-electron chi connectivity index (χ3n) is 5.48. The van der Waals surface area contributed by atoms with E-state index in [1.807, 2.05) is 13.0 Å². The summed E-state index contributed by atoms with van der Waals surface area (Å²) in [5.74, 6) is 3.22. The van der Waals surface area contributed by atoms with Crippen molar-refractivity contribution in [2.24, 2.45) is 0 Å². The second kappa shape index (κ2) is 18.9. The quantitative estimate of drug-likeness (QED) is 0.0924. The Bertz CT molecular complexity index is 1290. The van der Waals surface area contributed by atoms with Gasteiger partial charge in [-0.3, -0.25) is 24.0 Å². The zero-order valence-corrected chi connectivity index (χ0v) is 23.3. The highest BCUT2D eigenvalue weighted by atomic mass is 16.3. The zero-order valence-electron chi connectivity index (χ0n) is 23.3. The van der Waals surface area contributed by atoms with Crippen LogP contribution >= 0.6 is 0 Å². The van der Waals surface area contributed by atoms with E-state index in [1.165, 1.54) is 12.4 Å². The Labute approximate surface area is 244 Å². The largest absolute Gasteiger partial charge is 0.479 e. The Morgan fingerprint density at radius 2 is 1.52 bits per heavy atom. The molecule has 2 aromatic rings. The molecule has 2 rings (SSSR count). The first kappa shape index (κ1) is 33.0. The van der Waals surface area contributed by atoms with Crippen LogP contribution in [-0.4, -0.2) is 76.8 Å². The highest BCUT2D eigenvalue weighted by Gasteiger charge is 2.22.